The Kier molecular flexibility index (Phi) is 12.7. The van der Waals surface area contributed by atoms with E-state index < -0.39 is 52.1 Å². The summed E-state index contributed by atoms with van der Waals surface area (Å²) in [5, 5.41) is 0.348. The first-order valence-corrected chi connectivity index (χ1v) is 20.3. The third-order valence-corrected chi connectivity index (χ3v) is 11.1. The molecule has 3 amide bonds. The molecule has 1 saturated carbocycles. The molecule has 1 aliphatic carbocycles. The number of carbonyl (C=O) groups is 3. The molecule has 3 aromatic rings. The number of rotatable bonds is 10. The lowest BCUT2D eigenvalue weighted by molar-refractivity contribution is -0.129. The molecule has 2 atom stereocenters. The van der Waals surface area contributed by atoms with Gasteiger partial charge in [-0.25, -0.2) is 18.4 Å². The van der Waals surface area contributed by atoms with Crippen molar-refractivity contribution in [1.82, 2.24) is 14.7 Å². The maximum absolute atomic E-state index is 15.3. The van der Waals surface area contributed by atoms with Gasteiger partial charge in [0.15, 0.2) is 11.6 Å². The standard InChI is InChI=1S/C43H48Cl3F2N3O6/c1-42(2,3)56-40(53)49-23-29-21-30(26-14-12-25(13-15-26)9-8-20-55-38-33(48)19-18-32(47)37(38)46)35(34(24-49)51(29)41(54)57-43(4,5)6)39(52)50(28-16-17-28)22-27-10-7-11-31(44)36(27)45/h7,10-15,18-19,28-29,34H,8-9,16-17,20-24H2,1-6H3. The highest BCUT2D eigenvalue weighted by Gasteiger charge is 2.51. The lowest BCUT2D eigenvalue weighted by atomic mass is 9.81. The van der Waals surface area contributed by atoms with Gasteiger partial charge in [-0.15, -0.1) is 0 Å². The second-order valence-electron chi connectivity index (χ2n) is 16.7. The third-order valence-electron chi connectivity index (χ3n) is 9.92. The van der Waals surface area contributed by atoms with Gasteiger partial charge in [0.25, 0.3) is 5.91 Å². The molecule has 2 fully saturated rings. The molecule has 2 heterocycles. The number of halogens is 5. The third kappa shape index (κ3) is 10.2. The van der Waals surface area contributed by atoms with Gasteiger partial charge in [-0.2, -0.15) is 0 Å². The van der Waals surface area contributed by atoms with Crippen LogP contribution >= 0.6 is 34.8 Å². The summed E-state index contributed by atoms with van der Waals surface area (Å²) in [6.45, 7) is 11.2. The van der Waals surface area contributed by atoms with Crippen LogP contribution in [0.1, 0.15) is 83.9 Å². The number of fused-ring (bicyclic) bond motifs is 2. The normalized spacial score (nSPS) is 18.4. The molecular weight excluding hydrogens is 799 g/mol. The largest absolute Gasteiger partial charge is 0.489 e. The van der Waals surface area contributed by atoms with E-state index in [-0.39, 0.29) is 50.4 Å². The molecule has 3 aromatic carbocycles. The van der Waals surface area contributed by atoms with E-state index in [0.717, 1.165) is 41.7 Å². The van der Waals surface area contributed by atoms with Crippen LogP contribution in [0.15, 0.2) is 60.2 Å². The SMILES string of the molecule is CC(C)(C)OC(=O)N1CC2CC(c3ccc(CCCOc4c(F)ccc(F)c4Cl)cc3)=C(C(=O)N(Cc3cccc(Cl)c3Cl)C3CC3)C(C1)N2C(=O)OC(C)(C)C. The molecule has 2 unspecified atom stereocenters. The van der Waals surface area contributed by atoms with Crippen molar-refractivity contribution >= 4 is 58.5 Å². The quantitative estimate of drug-likeness (QED) is 0.149. The Bertz CT molecular complexity index is 2040. The highest BCUT2D eigenvalue weighted by atomic mass is 35.5. The summed E-state index contributed by atoms with van der Waals surface area (Å²) in [6, 6.07) is 13.6. The van der Waals surface area contributed by atoms with Gasteiger partial charge in [-0.1, -0.05) is 71.2 Å². The number of aryl methyl sites for hydroxylation is 1. The summed E-state index contributed by atoms with van der Waals surface area (Å²) in [7, 11) is 0. The van der Waals surface area contributed by atoms with Gasteiger partial charge in [-0.05, 0) is 114 Å². The highest BCUT2D eigenvalue weighted by molar-refractivity contribution is 6.42. The predicted octanol–water partition coefficient (Wildman–Crippen LogP) is 10.5. The maximum Gasteiger partial charge on any atom is 0.411 e. The predicted molar refractivity (Wildman–Crippen MR) is 217 cm³/mol. The van der Waals surface area contributed by atoms with Gasteiger partial charge in [0.1, 0.15) is 22.0 Å². The molecule has 9 nitrogen and oxygen atoms in total. The Labute approximate surface area is 347 Å². The van der Waals surface area contributed by atoms with Crippen LogP contribution in [0.5, 0.6) is 5.75 Å². The van der Waals surface area contributed by atoms with Gasteiger partial charge in [0, 0.05) is 31.2 Å². The summed E-state index contributed by atoms with van der Waals surface area (Å²) in [6.07, 6.45) is 1.83. The summed E-state index contributed by atoms with van der Waals surface area (Å²) in [5.41, 5.74) is 2.04. The summed E-state index contributed by atoms with van der Waals surface area (Å²) in [4.78, 5) is 47.9. The molecular formula is C43H48Cl3F2N3O6. The molecule has 0 spiro atoms. The molecule has 0 aromatic heterocycles. The monoisotopic (exact) mass is 845 g/mol. The van der Waals surface area contributed by atoms with E-state index in [9.17, 15) is 18.4 Å². The van der Waals surface area contributed by atoms with E-state index in [2.05, 4.69) is 0 Å². The topological polar surface area (TPSA) is 88.6 Å². The molecule has 57 heavy (non-hydrogen) atoms. The van der Waals surface area contributed by atoms with Gasteiger partial charge < -0.3 is 24.0 Å². The molecule has 2 aliphatic heterocycles. The van der Waals surface area contributed by atoms with Crippen molar-refractivity contribution in [3.05, 3.63) is 104 Å². The molecule has 6 rings (SSSR count). The Morgan fingerprint density at radius 3 is 2.12 bits per heavy atom. The minimum atomic E-state index is -0.856. The fraction of sp³-hybridized carbons (Fsp3) is 0.465. The molecule has 0 N–H and O–H groups in total. The fourth-order valence-corrected chi connectivity index (χ4v) is 7.83. The molecule has 2 bridgehead atoms. The van der Waals surface area contributed by atoms with Crippen LogP contribution in [0.3, 0.4) is 0 Å². The molecule has 3 aliphatic rings. The van der Waals surface area contributed by atoms with Gasteiger partial charge in [-0.3, -0.25) is 9.69 Å². The number of carbonyl (C=O) groups excluding carboxylic acids is 3. The number of hydrogen-bond donors (Lipinski definition) is 0. The van der Waals surface area contributed by atoms with E-state index in [1.54, 1.807) is 68.4 Å². The smallest absolute Gasteiger partial charge is 0.411 e. The number of amides is 3. The minimum absolute atomic E-state index is 0.0136. The first-order valence-electron chi connectivity index (χ1n) is 19.1. The molecule has 1 saturated heterocycles. The van der Waals surface area contributed by atoms with E-state index >= 15 is 4.79 Å². The van der Waals surface area contributed by atoms with Crippen LogP contribution in [-0.2, 0) is 27.2 Å². The Balaban J connectivity index is 1.36. The summed E-state index contributed by atoms with van der Waals surface area (Å²) in [5.74, 6) is -2.08. The average Bonchev–Trinajstić information content (AvgIpc) is 3.97. The van der Waals surface area contributed by atoms with Crippen LogP contribution in [0, 0.1) is 11.6 Å². The maximum atomic E-state index is 15.3. The molecule has 0 radical (unpaired) electrons. The number of benzene rings is 3. The summed E-state index contributed by atoms with van der Waals surface area (Å²) >= 11 is 19.0. The number of nitrogens with zero attached hydrogens (tertiary/aromatic N) is 3. The highest BCUT2D eigenvalue weighted by Crippen LogP contribution is 2.43. The van der Waals surface area contributed by atoms with Crippen molar-refractivity contribution < 1.29 is 37.4 Å². The van der Waals surface area contributed by atoms with Gasteiger partial charge in [0.05, 0.1) is 28.7 Å². The van der Waals surface area contributed by atoms with Crippen LogP contribution < -0.4 is 4.74 Å². The lowest BCUT2D eigenvalue weighted by Crippen LogP contribution is -2.66. The van der Waals surface area contributed by atoms with E-state index in [0.29, 0.717) is 34.0 Å². The first kappa shape index (κ1) is 42.5. The van der Waals surface area contributed by atoms with Crippen LogP contribution in [0.2, 0.25) is 15.1 Å². The van der Waals surface area contributed by atoms with E-state index in [1.807, 2.05) is 30.3 Å². The van der Waals surface area contributed by atoms with Crippen molar-refractivity contribution in [1.29, 1.82) is 0 Å². The van der Waals surface area contributed by atoms with Gasteiger partial charge >= 0.3 is 12.2 Å². The zero-order valence-corrected chi connectivity index (χ0v) is 35.2. The van der Waals surface area contributed by atoms with E-state index in [4.69, 9.17) is 49.0 Å². The number of hydrogen-bond acceptors (Lipinski definition) is 6. The number of ether oxygens (including phenoxy) is 3. The second-order valence-corrected chi connectivity index (χ2v) is 17.9. The average molecular weight is 847 g/mol. The lowest BCUT2D eigenvalue weighted by Gasteiger charge is -2.51. The van der Waals surface area contributed by atoms with Crippen molar-refractivity contribution in [3.63, 3.8) is 0 Å². The fourth-order valence-electron chi connectivity index (χ4n) is 7.25. The number of piperazine rings is 1. The Morgan fingerprint density at radius 1 is 0.825 bits per heavy atom. The second kappa shape index (κ2) is 17.0. The Hall–Kier alpha value is -4.06. The van der Waals surface area contributed by atoms with Crippen LogP contribution in [-0.4, -0.2) is 81.8 Å². The van der Waals surface area contributed by atoms with Gasteiger partial charge in [0.2, 0.25) is 0 Å². The first-order chi connectivity index (χ1) is 26.8. The van der Waals surface area contributed by atoms with Crippen molar-refractivity contribution in [3.8, 4) is 5.75 Å². The van der Waals surface area contributed by atoms with Crippen molar-refractivity contribution in [2.75, 3.05) is 19.7 Å². The molecule has 306 valence electrons. The minimum Gasteiger partial charge on any atom is -0.489 e. The van der Waals surface area contributed by atoms with Crippen molar-refractivity contribution in [2.45, 2.75) is 110 Å². The van der Waals surface area contributed by atoms with E-state index in [1.165, 1.54) is 0 Å². The Morgan fingerprint density at radius 2 is 1.47 bits per heavy atom. The summed E-state index contributed by atoms with van der Waals surface area (Å²) < 4.78 is 45.3. The zero-order chi connectivity index (χ0) is 41.4. The van der Waals surface area contributed by atoms with Crippen LogP contribution in [0.4, 0.5) is 18.4 Å². The molecule has 14 heteroatoms. The zero-order valence-electron chi connectivity index (χ0n) is 33.0. The van der Waals surface area contributed by atoms with Crippen LogP contribution in [0.25, 0.3) is 5.57 Å². The van der Waals surface area contributed by atoms with Crippen molar-refractivity contribution in [2.24, 2.45) is 0 Å².